The van der Waals surface area contributed by atoms with Crippen molar-refractivity contribution >= 4 is 0 Å². The molecule has 15 heavy (non-hydrogen) atoms. The zero-order valence-electron chi connectivity index (χ0n) is 7.25. The minimum Gasteiger partial charge on any atom is -0.373 e. The molecule has 0 saturated carbocycles. The van der Waals surface area contributed by atoms with Gasteiger partial charge in [-0.2, -0.15) is 22.0 Å². The van der Waals surface area contributed by atoms with Crippen molar-refractivity contribution in [2.45, 2.75) is 37.0 Å². The van der Waals surface area contributed by atoms with Crippen molar-refractivity contribution < 1.29 is 35.5 Å². The van der Waals surface area contributed by atoms with Crippen LogP contribution in [0.1, 0.15) is 12.8 Å². The van der Waals surface area contributed by atoms with E-state index in [0.29, 0.717) is 0 Å². The first-order chi connectivity index (χ1) is 6.54. The molecule has 8 heteroatoms. The van der Waals surface area contributed by atoms with Gasteiger partial charge in [-0.05, 0) is 0 Å². The molecule has 0 N–H and O–H groups in total. The van der Waals surface area contributed by atoms with Gasteiger partial charge in [-0.15, -0.1) is 0 Å². The van der Waals surface area contributed by atoms with Gasteiger partial charge in [0, 0.05) is 6.42 Å². The molecule has 0 aliphatic carbocycles. The number of halogens is 7. The molecule has 1 unspecified atom stereocenters. The van der Waals surface area contributed by atoms with Crippen LogP contribution in [0.5, 0.6) is 0 Å². The number of alkyl halides is 7. The van der Waals surface area contributed by atoms with Gasteiger partial charge in [-0.25, -0.2) is 8.78 Å². The zero-order valence-corrected chi connectivity index (χ0v) is 7.25. The summed E-state index contributed by atoms with van der Waals surface area (Å²) < 4.78 is 89.0. The minimum absolute atomic E-state index is 0.0207. The van der Waals surface area contributed by atoms with Crippen molar-refractivity contribution in [2.75, 3.05) is 6.61 Å². The highest BCUT2D eigenvalue weighted by atomic mass is 19.4. The Kier molecular flexibility index (Phi) is 2.92. The maximum absolute atomic E-state index is 12.7. The normalized spacial score (nSPS) is 23.0. The Balaban J connectivity index is 2.57. The molecule has 0 radical (unpaired) electrons. The molecule has 1 heterocycles. The van der Waals surface area contributed by atoms with E-state index in [2.05, 4.69) is 4.74 Å². The van der Waals surface area contributed by atoms with Gasteiger partial charge in [0.15, 0.2) is 0 Å². The third-order valence-electron chi connectivity index (χ3n) is 1.82. The van der Waals surface area contributed by atoms with Gasteiger partial charge < -0.3 is 4.74 Å². The second-order valence-electron chi connectivity index (χ2n) is 3.39. The first-order valence-corrected chi connectivity index (χ1v) is 3.97. The molecule has 1 atom stereocenters. The van der Waals surface area contributed by atoms with Crippen molar-refractivity contribution in [3.8, 4) is 0 Å². The van der Waals surface area contributed by atoms with E-state index >= 15 is 0 Å². The predicted molar refractivity (Wildman–Crippen MR) is 34.9 cm³/mol. The fraction of sp³-hybridized carbons (Fsp3) is 1.00. The van der Waals surface area contributed by atoms with Crippen molar-refractivity contribution in [1.29, 1.82) is 0 Å². The van der Waals surface area contributed by atoms with E-state index in [1.807, 2.05) is 0 Å². The second kappa shape index (κ2) is 3.50. The van der Waals surface area contributed by atoms with Gasteiger partial charge in [0.05, 0.1) is 19.1 Å². The standard InChI is InChI=1S/C7H7F7O/c8-5(9,1-4-2-15-4)3-6(10,11)7(12,13)14/h4H,1-3H2. The van der Waals surface area contributed by atoms with Crippen LogP contribution in [0.3, 0.4) is 0 Å². The summed E-state index contributed by atoms with van der Waals surface area (Å²) in [6.45, 7) is -0.0207. The SMILES string of the molecule is FC(F)(CC1CO1)CC(F)(F)C(F)(F)F. The van der Waals surface area contributed by atoms with Crippen LogP contribution in [-0.2, 0) is 4.74 Å². The highest BCUT2D eigenvalue weighted by Gasteiger charge is 2.62. The average molecular weight is 240 g/mol. The van der Waals surface area contributed by atoms with Crippen LogP contribution in [0, 0.1) is 0 Å². The lowest BCUT2D eigenvalue weighted by Gasteiger charge is -2.24. The van der Waals surface area contributed by atoms with Crippen LogP contribution >= 0.6 is 0 Å². The van der Waals surface area contributed by atoms with Gasteiger partial charge in [0.2, 0.25) is 0 Å². The van der Waals surface area contributed by atoms with E-state index in [9.17, 15) is 30.7 Å². The summed E-state index contributed by atoms with van der Waals surface area (Å²) in [6, 6.07) is 0. The lowest BCUT2D eigenvalue weighted by molar-refractivity contribution is -0.301. The quantitative estimate of drug-likeness (QED) is 0.543. The van der Waals surface area contributed by atoms with Gasteiger partial charge >= 0.3 is 12.1 Å². The minimum atomic E-state index is -5.94. The molecular weight excluding hydrogens is 233 g/mol. The molecule has 0 aromatic rings. The molecule has 1 aliphatic rings. The Hall–Kier alpha value is -0.530. The third-order valence-corrected chi connectivity index (χ3v) is 1.82. The fourth-order valence-corrected chi connectivity index (χ4v) is 1.02. The van der Waals surface area contributed by atoms with Crippen molar-refractivity contribution in [3.05, 3.63) is 0 Å². The van der Waals surface area contributed by atoms with Crippen molar-refractivity contribution in [2.24, 2.45) is 0 Å². The number of rotatable bonds is 4. The molecule has 0 spiro atoms. The van der Waals surface area contributed by atoms with Gasteiger partial charge in [0.25, 0.3) is 5.92 Å². The molecule has 0 aromatic carbocycles. The Morgan fingerprint density at radius 2 is 1.47 bits per heavy atom. The number of hydrogen-bond acceptors (Lipinski definition) is 1. The largest absolute Gasteiger partial charge is 0.453 e. The molecular formula is C7H7F7O. The third kappa shape index (κ3) is 3.51. The van der Waals surface area contributed by atoms with E-state index in [1.54, 1.807) is 0 Å². The molecule has 1 aliphatic heterocycles. The maximum atomic E-state index is 12.7. The Morgan fingerprint density at radius 1 is 1.00 bits per heavy atom. The van der Waals surface area contributed by atoms with E-state index in [0.717, 1.165) is 0 Å². The highest BCUT2D eigenvalue weighted by Crippen LogP contribution is 2.44. The summed E-state index contributed by atoms with van der Waals surface area (Å²) in [7, 11) is 0. The van der Waals surface area contributed by atoms with Crippen molar-refractivity contribution in [3.63, 3.8) is 0 Å². The first kappa shape index (κ1) is 12.5. The molecule has 1 saturated heterocycles. The zero-order chi connectivity index (χ0) is 11.9. The van der Waals surface area contributed by atoms with E-state index in [1.165, 1.54) is 0 Å². The predicted octanol–water partition coefficient (Wildman–Crippen LogP) is 3.00. The summed E-state index contributed by atoms with van der Waals surface area (Å²) in [5.74, 6) is -9.44. The van der Waals surface area contributed by atoms with Crippen LogP contribution in [-0.4, -0.2) is 30.7 Å². The topological polar surface area (TPSA) is 12.5 Å². The molecule has 0 amide bonds. The van der Waals surface area contributed by atoms with Crippen LogP contribution in [0.2, 0.25) is 0 Å². The molecule has 1 nitrogen and oxygen atoms in total. The summed E-state index contributed by atoms with van der Waals surface area (Å²) >= 11 is 0. The molecule has 1 rings (SSSR count). The summed E-state index contributed by atoms with van der Waals surface area (Å²) in [5.41, 5.74) is 0. The number of hydrogen-bond donors (Lipinski definition) is 0. The highest BCUT2D eigenvalue weighted by molar-refractivity contribution is 4.87. The van der Waals surface area contributed by atoms with Crippen LogP contribution < -0.4 is 0 Å². The fourth-order valence-electron chi connectivity index (χ4n) is 1.02. The van der Waals surface area contributed by atoms with E-state index < -0.39 is 37.0 Å². The number of ether oxygens (including phenoxy) is 1. The maximum Gasteiger partial charge on any atom is 0.453 e. The smallest absolute Gasteiger partial charge is 0.373 e. The molecule has 90 valence electrons. The monoisotopic (exact) mass is 240 g/mol. The van der Waals surface area contributed by atoms with Crippen LogP contribution in [0.15, 0.2) is 0 Å². The van der Waals surface area contributed by atoms with E-state index in [-0.39, 0.29) is 6.61 Å². The molecule has 0 aromatic heterocycles. The lowest BCUT2D eigenvalue weighted by Crippen LogP contribution is -2.42. The Labute approximate surface area is 80.2 Å². The van der Waals surface area contributed by atoms with Crippen LogP contribution in [0.25, 0.3) is 0 Å². The first-order valence-electron chi connectivity index (χ1n) is 3.97. The summed E-state index contributed by atoms with van der Waals surface area (Å²) in [6.07, 6.45) is -10.5. The van der Waals surface area contributed by atoms with Gasteiger partial charge in [0.1, 0.15) is 0 Å². The Morgan fingerprint density at radius 3 is 1.80 bits per heavy atom. The van der Waals surface area contributed by atoms with E-state index in [4.69, 9.17) is 0 Å². The summed E-state index contributed by atoms with van der Waals surface area (Å²) in [5, 5.41) is 0. The van der Waals surface area contributed by atoms with Crippen molar-refractivity contribution in [1.82, 2.24) is 0 Å². The lowest BCUT2D eigenvalue weighted by atomic mass is 10.1. The number of epoxide rings is 1. The Bertz CT molecular complexity index is 230. The van der Waals surface area contributed by atoms with Gasteiger partial charge in [-0.3, -0.25) is 0 Å². The second-order valence-corrected chi connectivity index (χ2v) is 3.39. The molecule has 0 bridgehead atoms. The van der Waals surface area contributed by atoms with Crippen LogP contribution in [0.4, 0.5) is 30.7 Å². The molecule has 1 fully saturated rings. The summed E-state index contributed by atoms with van der Waals surface area (Å²) in [4.78, 5) is 0. The van der Waals surface area contributed by atoms with Gasteiger partial charge in [-0.1, -0.05) is 0 Å². The average Bonchev–Trinajstić information content (AvgIpc) is 2.64.